The molecule has 0 fully saturated rings. The summed E-state index contributed by atoms with van der Waals surface area (Å²) in [5.41, 5.74) is -1.06. The molecule has 0 amide bonds. The number of para-hydroxylation sites is 1. The van der Waals surface area contributed by atoms with Gasteiger partial charge in [-0.25, -0.2) is 0 Å². The van der Waals surface area contributed by atoms with Crippen LogP contribution in [0.4, 0.5) is 13.2 Å². The number of rotatable bonds is 3. The Morgan fingerprint density at radius 3 is 2.44 bits per heavy atom. The highest BCUT2D eigenvalue weighted by molar-refractivity contribution is 5.44. The summed E-state index contributed by atoms with van der Waals surface area (Å²) in [6, 6.07) is 3.28. The predicted molar refractivity (Wildman–Crippen MR) is 50.0 cm³/mol. The average molecular weight is 236 g/mol. The van der Waals surface area contributed by atoms with Crippen molar-refractivity contribution in [2.75, 3.05) is 13.7 Å². The van der Waals surface area contributed by atoms with Crippen LogP contribution in [0.15, 0.2) is 18.2 Å². The van der Waals surface area contributed by atoms with Crippen LogP contribution in [0.3, 0.4) is 0 Å². The lowest BCUT2D eigenvalue weighted by Gasteiger charge is -2.17. The van der Waals surface area contributed by atoms with Gasteiger partial charge in [0, 0.05) is 5.56 Å². The van der Waals surface area contributed by atoms with Gasteiger partial charge in [-0.3, -0.25) is 0 Å². The van der Waals surface area contributed by atoms with Gasteiger partial charge in [0.15, 0.2) is 0 Å². The van der Waals surface area contributed by atoms with Crippen LogP contribution in [-0.4, -0.2) is 23.9 Å². The highest BCUT2D eigenvalue weighted by Gasteiger charge is 2.35. The SMILES string of the molecule is COc1c(C(O)CO)cccc1C(F)(F)F. The minimum Gasteiger partial charge on any atom is -0.496 e. The van der Waals surface area contributed by atoms with Crippen molar-refractivity contribution in [3.63, 3.8) is 0 Å². The Kier molecular flexibility index (Phi) is 3.77. The van der Waals surface area contributed by atoms with Gasteiger partial charge in [0.25, 0.3) is 0 Å². The number of hydrogen-bond acceptors (Lipinski definition) is 3. The first kappa shape index (κ1) is 12.8. The van der Waals surface area contributed by atoms with Gasteiger partial charge >= 0.3 is 6.18 Å². The van der Waals surface area contributed by atoms with E-state index in [2.05, 4.69) is 4.74 Å². The third kappa shape index (κ3) is 2.45. The Morgan fingerprint density at radius 2 is 2.00 bits per heavy atom. The second kappa shape index (κ2) is 4.71. The topological polar surface area (TPSA) is 49.7 Å². The van der Waals surface area contributed by atoms with Gasteiger partial charge in [-0.05, 0) is 6.07 Å². The van der Waals surface area contributed by atoms with Gasteiger partial charge in [0.05, 0.1) is 19.3 Å². The molecule has 0 bridgehead atoms. The Labute approximate surface area is 90.1 Å². The average Bonchev–Trinajstić information content (AvgIpc) is 2.25. The molecule has 3 nitrogen and oxygen atoms in total. The van der Waals surface area contributed by atoms with Crippen LogP contribution in [0, 0.1) is 0 Å². The number of aliphatic hydroxyl groups is 2. The molecule has 90 valence electrons. The third-order valence-corrected chi connectivity index (χ3v) is 2.09. The summed E-state index contributed by atoms with van der Waals surface area (Å²) in [4.78, 5) is 0. The molecule has 1 unspecified atom stereocenters. The monoisotopic (exact) mass is 236 g/mol. The Bertz CT molecular complexity index is 363. The molecule has 0 aromatic heterocycles. The van der Waals surface area contributed by atoms with E-state index < -0.39 is 30.2 Å². The van der Waals surface area contributed by atoms with E-state index in [0.717, 1.165) is 19.2 Å². The lowest BCUT2D eigenvalue weighted by atomic mass is 10.0. The van der Waals surface area contributed by atoms with Crippen molar-refractivity contribution in [2.24, 2.45) is 0 Å². The number of methoxy groups -OCH3 is 1. The molecule has 2 N–H and O–H groups in total. The van der Waals surface area contributed by atoms with E-state index >= 15 is 0 Å². The molecular formula is C10H11F3O3. The Balaban J connectivity index is 3.32. The fourth-order valence-electron chi connectivity index (χ4n) is 1.37. The molecular weight excluding hydrogens is 225 g/mol. The molecule has 0 aliphatic carbocycles. The summed E-state index contributed by atoms with van der Waals surface area (Å²) in [5, 5.41) is 18.0. The van der Waals surface area contributed by atoms with E-state index in [1.165, 1.54) is 6.07 Å². The summed E-state index contributed by atoms with van der Waals surface area (Å²) in [5.74, 6) is -0.462. The van der Waals surface area contributed by atoms with Gasteiger partial charge in [-0.2, -0.15) is 13.2 Å². The zero-order valence-corrected chi connectivity index (χ0v) is 8.45. The molecule has 0 radical (unpaired) electrons. The molecule has 1 aromatic rings. The molecule has 0 aliphatic heterocycles. The highest BCUT2D eigenvalue weighted by Crippen LogP contribution is 2.39. The Morgan fingerprint density at radius 1 is 1.38 bits per heavy atom. The van der Waals surface area contributed by atoms with Crippen molar-refractivity contribution >= 4 is 0 Å². The van der Waals surface area contributed by atoms with E-state index in [9.17, 15) is 18.3 Å². The van der Waals surface area contributed by atoms with Crippen molar-refractivity contribution in [3.8, 4) is 5.75 Å². The second-order valence-electron chi connectivity index (χ2n) is 3.12. The summed E-state index contributed by atoms with van der Waals surface area (Å²) < 4.78 is 42.3. The summed E-state index contributed by atoms with van der Waals surface area (Å²) in [6.07, 6.45) is -5.95. The molecule has 0 saturated carbocycles. The zero-order chi connectivity index (χ0) is 12.3. The van der Waals surface area contributed by atoms with Crippen molar-refractivity contribution in [2.45, 2.75) is 12.3 Å². The van der Waals surface area contributed by atoms with Gasteiger partial charge in [-0.1, -0.05) is 12.1 Å². The van der Waals surface area contributed by atoms with Gasteiger partial charge < -0.3 is 14.9 Å². The van der Waals surface area contributed by atoms with E-state index in [0.29, 0.717) is 0 Å². The first-order valence-corrected chi connectivity index (χ1v) is 4.44. The molecule has 0 heterocycles. The fourth-order valence-corrected chi connectivity index (χ4v) is 1.37. The number of ether oxygens (including phenoxy) is 1. The second-order valence-corrected chi connectivity index (χ2v) is 3.12. The molecule has 16 heavy (non-hydrogen) atoms. The smallest absolute Gasteiger partial charge is 0.419 e. The Hall–Kier alpha value is -1.27. The van der Waals surface area contributed by atoms with Gasteiger partial charge in [0.2, 0.25) is 0 Å². The van der Waals surface area contributed by atoms with E-state index in [1.54, 1.807) is 0 Å². The fraction of sp³-hybridized carbons (Fsp3) is 0.400. The summed E-state index contributed by atoms with van der Waals surface area (Å²) in [7, 11) is 1.08. The van der Waals surface area contributed by atoms with Gasteiger partial charge in [0.1, 0.15) is 11.9 Å². The first-order chi connectivity index (χ1) is 7.41. The van der Waals surface area contributed by atoms with Crippen LogP contribution >= 0.6 is 0 Å². The van der Waals surface area contributed by atoms with Crippen LogP contribution in [0.5, 0.6) is 5.75 Å². The van der Waals surface area contributed by atoms with Crippen molar-refractivity contribution in [1.29, 1.82) is 0 Å². The minimum atomic E-state index is -4.56. The van der Waals surface area contributed by atoms with Crippen LogP contribution in [0.2, 0.25) is 0 Å². The number of benzene rings is 1. The maximum atomic E-state index is 12.6. The summed E-state index contributed by atoms with van der Waals surface area (Å²) >= 11 is 0. The lowest BCUT2D eigenvalue weighted by molar-refractivity contribution is -0.138. The lowest BCUT2D eigenvalue weighted by Crippen LogP contribution is -2.12. The number of aliphatic hydroxyl groups excluding tert-OH is 2. The van der Waals surface area contributed by atoms with E-state index in [-0.39, 0.29) is 5.56 Å². The molecule has 6 heteroatoms. The molecule has 0 aliphatic rings. The van der Waals surface area contributed by atoms with Crippen molar-refractivity contribution in [1.82, 2.24) is 0 Å². The molecule has 1 rings (SSSR count). The number of hydrogen-bond donors (Lipinski definition) is 2. The summed E-state index contributed by atoms with van der Waals surface area (Å²) in [6.45, 7) is -0.669. The van der Waals surface area contributed by atoms with Crippen molar-refractivity contribution < 1.29 is 28.1 Å². The standard InChI is InChI=1S/C10H11F3O3/c1-16-9-6(8(15)5-14)3-2-4-7(9)10(11,12)13/h2-4,8,14-15H,5H2,1H3. The third-order valence-electron chi connectivity index (χ3n) is 2.09. The van der Waals surface area contributed by atoms with Crippen molar-refractivity contribution in [3.05, 3.63) is 29.3 Å². The maximum absolute atomic E-state index is 12.6. The van der Waals surface area contributed by atoms with Crippen LogP contribution in [-0.2, 0) is 6.18 Å². The predicted octanol–water partition coefficient (Wildman–Crippen LogP) is 1.74. The minimum absolute atomic E-state index is 0.0835. The van der Waals surface area contributed by atoms with E-state index in [4.69, 9.17) is 5.11 Å². The molecule has 1 aromatic carbocycles. The number of halogens is 3. The largest absolute Gasteiger partial charge is 0.496 e. The van der Waals surface area contributed by atoms with E-state index in [1.807, 2.05) is 0 Å². The number of alkyl halides is 3. The van der Waals surface area contributed by atoms with Crippen LogP contribution in [0.1, 0.15) is 17.2 Å². The maximum Gasteiger partial charge on any atom is 0.419 e. The molecule has 0 spiro atoms. The first-order valence-electron chi connectivity index (χ1n) is 4.44. The quantitative estimate of drug-likeness (QED) is 0.840. The zero-order valence-electron chi connectivity index (χ0n) is 8.45. The van der Waals surface area contributed by atoms with Crippen LogP contribution in [0.25, 0.3) is 0 Å². The van der Waals surface area contributed by atoms with Gasteiger partial charge in [-0.15, -0.1) is 0 Å². The highest BCUT2D eigenvalue weighted by atomic mass is 19.4. The molecule has 1 atom stereocenters. The molecule has 0 saturated heterocycles. The normalized spacial score (nSPS) is 13.6. The van der Waals surface area contributed by atoms with Crippen LogP contribution < -0.4 is 4.74 Å².